The molecule has 0 saturated heterocycles. The first-order chi connectivity index (χ1) is 16.6. The molecule has 0 bridgehead atoms. The molecule has 0 spiro atoms. The van der Waals surface area contributed by atoms with E-state index in [1.165, 1.54) is 0 Å². The molecule has 0 aliphatic carbocycles. The Morgan fingerprint density at radius 3 is 2.59 bits per heavy atom. The number of fused-ring (bicyclic) bond motifs is 5. The lowest BCUT2D eigenvalue weighted by Gasteiger charge is -2.15. The van der Waals surface area contributed by atoms with E-state index >= 15 is 0 Å². The molecule has 6 aromatic rings. The van der Waals surface area contributed by atoms with E-state index in [0.717, 1.165) is 38.3 Å². The molecule has 7 heteroatoms. The van der Waals surface area contributed by atoms with Gasteiger partial charge in [-0.2, -0.15) is 0 Å². The van der Waals surface area contributed by atoms with E-state index in [9.17, 15) is 9.59 Å². The van der Waals surface area contributed by atoms with Crippen LogP contribution in [0.1, 0.15) is 12.5 Å². The molecule has 7 nitrogen and oxygen atoms in total. The van der Waals surface area contributed by atoms with Gasteiger partial charge in [0.25, 0.3) is 11.5 Å². The lowest BCUT2D eigenvalue weighted by molar-refractivity contribution is -0.127. The van der Waals surface area contributed by atoms with Crippen molar-refractivity contribution in [2.24, 2.45) is 0 Å². The topological polar surface area (TPSA) is 85.6 Å². The molecular weight excluding hydrogens is 428 g/mol. The molecule has 1 amide bonds. The summed E-state index contributed by atoms with van der Waals surface area (Å²) in [6.07, 6.45) is 4.45. The number of nitrogens with zero attached hydrogens (tertiary/aromatic N) is 3. The van der Waals surface area contributed by atoms with Crippen LogP contribution in [0.4, 0.5) is 0 Å². The molecule has 0 radical (unpaired) electrons. The van der Waals surface area contributed by atoms with E-state index in [4.69, 9.17) is 4.74 Å². The third kappa shape index (κ3) is 3.13. The highest BCUT2D eigenvalue weighted by atomic mass is 16.5. The Kier molecular flexibility index (Phi) is 4.62. The van der Waals surface area contributed by atoms with Gasteiger partial charge in [0.15, 0.2) is 6.10 Å². The number of rotatable bonds is 5. The van der Waals surface area contributed by atoms with Gasteiger partial charge >= 0.3 is 0 Å². The maximum atomic E-state index is 13.4. The van der Waals surface area contributed by atoms with Crippen molar-refractivity contribution in [1.29, 1.82) is 0 Å². The number of amides is 1. The van der Waals surface area contributed by atoms with Crippen LogP contribution < -0.4 is 15.6 Å². The maximum Gasteiger partial charge on any atom is 0.263 e. The average molecular weight is 448 g/mol. The third-order valence-corrected chi connectivity index (χ3v) is 6.16. The summed E-state index contributed by atoms with van der Waals surface area (Å²) in [5.74, 6) is 0.343. The van der Waals surface area contributed by atoms with E-state index in [2.05, 4.69) is 15.3 Å². The SMILES string of the molecule is C[C@@H](Oc1ccc2c(c1)c1ccnc3c4ccccc4c(=O)n2c13)C(=O)NCc1ccncc1. The molecule has 2 aromatic carbocycles. The van der Waals surface area contributed by atoms with Crippen LogP contribution in [0.15, 0.2) is 84.0 Å². The smallest absolute Gasteiger partial charge is 0.263 e. The van der Waals surface area contributed by atoms with E-state index in [-0.39, 0.29) is 11.5 Å². The van der Waals surface area contributed by atoms with Crippen molar-refractivity contribution >= 4 is 44.0 Å². The molecule has 0 unspecified atom stereocenters. The molecule has 1 N–H and O–H groups in total. The number of pyridine rings is 3. The fourth-order valence-electron chi connectivity index (χ4n) is 4.51. The van der Waals surface area contributed by atoms with Crippen molar-refractivity contribution in [2.45, 2.75) is 19.6 Å². The van der Waals surface area contributed by atoms with Crippen LogP contribution in [-0.2, 0) is 11.3 Å². The average Bonchev–Trinajstić information content (AvgIpc) is 3.21. The number of carbonyl (C=O) groups is 1. The highest BCUT2D eigenvalue weighted by molar-refractivity contribution is 6.18. The molecule has 166 valence electrons. The predicted octanol–water partition coefficient (Wildman–Crippen LogP) is 4.07. The Balaban J connectivity index is 1.38. The van der Waals surface area contributed by atoms with Gasteiger partial charge < -0.3 is 10.1 Å². The van der Waals surface area contributed by atoms with Gasteiger partial charge in [0.1, 0.15) is 5.75 Å². The van der Waals surface area contributed by atoms with Crippen LogP contribution in [0, 0.1) is 0 Å². The highest BCUT2D eigenvalue weighted by Gasteiger charge is 2.19. The van der Waals surface area contributed by atoms with E-state index in [1.54, 1.807) is 36.0 Å². The van der Waals surface area contributed by atoms with Crippen LogP contribution >= 0.6 is 0 Å². The van der Waals surface area contributed by atoms with E-state index in [0.29, 0.717) is 17.7 Å². The minimum absolute atomic E-state index is 0.0753. The Labute approximate surface area is 194 Å². The normalized spacial score (nSPS) is 12.5. The minimum Gasteiger partial charge on any atom is -0.481 e. The summed E-state index contributed by atoms with van der Waals surface area (Å²) < 4.78 is 7.69. The monoisotopic (exact) mass is 448 g/mol. The van der Waals surface area contributed by atoms with Crippen molar-refractivity contribution < 1.29 is 9.53 Å². The second-order valence-corrected chi connectivity index (χ2v) is 8.25. The lowest BCUT2D eigenvalue weighted by Crippen LogP contribution is -2.35. The zero-order valence-electron chi connectivity index (χ0n) is 18.4. The first kappa shape index (κ1) is 20.1. The van der Waals surface area contributed by atoms with Crippen molar-refractivity contribution in [3.8, 4) is 5.75 Å². The van der Waals surface area contributed by atoms with E-state index in [1.807, 2.05) is 54.6 Å². The summed E-state index contributed by atoms with van der Waals surface area (Å²) >= 11 is 0. The van der Waals surface area contributed by atoms with Crippen molar-refractivity contribution in [3.05, 3.63) is 95.2 Å². The molecule has 0 saturated carbocycles. The van der Waals surface area contributed by atoms with Crippen molar-refractivity contribution in [1.82, 2.24) is 19.7 Å². The number of aromatic nitrogens is 3. The van der Waals surface area contributed by atoms with Gasteiger partial charge in [-0.3, -0.25) is 24.0 Å². The minimum atomic E-state index is -0.688. The summed E-state index contributed by atoms with van der Waals surface area (Å²) in [6, 6.07) is 18.7. The molecular formula is C27H20N4O3. The predicted molar refractivity (Wildman–Crippen MR) is 131 cm³/mol. The molecule has 0 aliphatic heterocycles. The second-order valence-electron chi connectivity index (χ2n) is 8.25. The maximum absolute atomic E-state index is 13.4. The lowest BCUT2D eigenvalue weighted by atomic mass is 10.1. The molecule has 6 rings (SSSR count). The standard InChI is InChI=1S/C27H20N4O3/c1-16(26(32)30-15-17-8-11-28-12-9-17)34-18-6-7-23-22(14-18)20-10-13-29-24-19-4-2-3-5-21(19)27(33)31(23)25(20)24/h2-14,16H,15H2,1H3,(H,30,32)/t16-/m1/s1. The third-order valence-electron chi connectivity index (χ3n) is 6.16. The number of carbonyl (C=O) groups excluding carboxylic acids is 1. The summed E-state index contributed by atoms with van der Waals surface area (Å²) in [5, 5.41) is 6.15. The van der Waals surface area contributed by atoms with Crippen LogP contribution in [0.3, 0.4) is 0 Å². The number of ether oxygens (including phenoxy) is 1. The molecule has 4 heterocycles. The van der Waals surface area contributed by atoms with Gasteiger partial charge in [0, 0.05) is 46.7 Å². The number of hydrogen-bond donors (Lipinski definition) is 1. The summed E-state index contributed by atoms with van der Waals surface area (Å²) in [5.41, 5.74) is 3.25. The number of benzene rings is 2. The highest BCUT2D eigenvalue weighted by Crippen LogP contribution is 2.34. The van der Waals surface area contributed by atoms with Gasteiger partial charge in [-0.05, 0) is 55.0 Å². The quantitative estimate of drug-likeness (QED) is 0.402. The summed E-state index contributed by atoms with van der Waals surface area (Å²) in [6.45, 7) is 2.12. The van der Waals surface area contributed by atoms with Gasteiger partial charge in [-0.1, -0.05) is 18.2 Å². The van der Waals surface area contributed by atoms with Crippen LogP contribution in [0.2, 0.25) is 0 Å². The number of nitrogens with one attached hydrogen (secondary N) is 1. The first-order valence-corrected chi connectivity index (χ1v) is 11.0. The van der Waals surface area contributed by atoms with Crippen LogP contribution in [0.25, 0.3) is 38.1 Å². The van der Waals surface area contributed by atoms with Gasteiger partial charge in [-0.25, -0.2) is 0 Å². The summed E-state index contributed by atoms with van der Waals surface area (Å²) in [7, 11) is 0. The van der Waals surface area contributed by atoms with Crippen LogP contribution in [-0.4, -0.2) is 26.4 Å². The summed E-state index contributed by atoms with van der Waals surface area (Å²) in [4.78, 5) is 34.5. The Hall–Kier alpha value is -4.52. The Morgan fingerprint density at radius 2 is 1.76 bits per heavy atom. The Bertz CT molecular complexity index is 1740. The van der Waals surface area contributed by atoms with Gasteiger partial charge in [0.2, 0.25) is 0 Å². The molecule has 0 aliphatic rings. The van der Waals surface area contributed by atoms with Gasteiger partial charge in [-0.15, -0.1) is 0 Å². The second kappa shape index (κ2) is 7.81. The molecule has 34 heavy (non-hydrogen) atoms. The molecule has 0 fully saturated rings. The fraction of sp³-hybridized carbons (Fsp3) is 0.111. The Morgan fingerprint density at radius 1 is 0.971 bits per heavy atom. The van der Waals surface area contributed by atoms with E-state index < -0.39 is 6.10 Å². The van der Waals surface area contributed by atoms with Gasteiger partial charge in [0.05, 0.1) is 16.6 Å². The zero-order valence-corrected chi connectivity index (χ0v) is 18.4. The zero-order chi connectivity index (χ0) is 23.2. The molecule has 1 atom stereocenters. The first-order valence-electron chi connectivity index (χ1n) is 11.0. The van der Waals surface area contributed by atoms with Crippen LogP contribution in [0.5, 0.6) is 5.75 Å². The largest absolute Gasteiger partial charge is 0.481 e. The molecule has 4 aromatic heterocycles. The van der Waals surface area contributed by atoms with Crippen molar-refractivity contribution in [3.63, 3.8) is 0 Å². The fourth-order valence-corrected chi connectivity index (χ4v) is 4.51. The number of hydrogen-bond acceptors (Lipinski definition) is 5. The van der Waals surface area contributed by atoms with Crippen molar-refractivity contribution in [2.75, 3.05) is 0 Å².